The Labute approximate surface area is 206 Å². The second-order valence-electron chi connectivity index (χ2n) is 9.06. The van der Waals surface area contributed by atoms with Crippen LogP contribution < -0.4 is 14.8 Å². The summed E-state index contributed by atoms with van der Waals surface area (Å²) in [4.78, 5) is 15.5. The number of halogens is 1. The Hall–Kier alpha value is -3.38. The highest BCUT2D eigenvalue weighted by Gasteiger charge is 2.35. The highest BCUT2D eigenvalue weighted by Crippen LogP contribution is 2.40. The van der Waals surface area contributed by atoms with Crippen molar-refractivity contribution >= 4 is 5.91 Å². The summed E-state index contributed by atoms with van der Waals surface area (Å²) >= 11 is 0. The molecule has 0 radical (unpaired) electrons. The average molecular weight is 477 g/mol. The molecule has 4 rings (SSSR count). The maximum Gasteiger partial charge on any atom is 0.251 e. The number of benzene rings is 3. The molecule has 1 aliphatic heterocycles. The quantitative estimate of drug-likeness (QED) is 0.469. The molecule has 2 atom stereocenters. The van der Waals surface area contributed by atoms with E-state index in [1.54, 1.807) is 26.4 Å². The van der Waals surface area contributed by atoms with Gasteiger partial charge in [0.15, 0.2) is 11.5 Å². The molecule has 6 heteroatoms. The summed E-state index contributed by atoms with van der Waals surface area (Å²) in [6.45, 7) is 5.44. The normalized spacial score (nSPS) is 16.3. The minimum atomic E-state index is -0.248. The standard InChI is InChI=1S/C29H33FN2O3/c1-5-25(31-29(33)21-11-9-19(2)10-12-21)28-24-17-27(35-4)26(34-3)16-22(24)13-14-32(28)18-20-7-6-8-23(30)15-20/h6-12,15-17,25,28H,5,13-14,18H2,1-4H3,(H,31,33). The highest BCUT2D eigenvalue weighted by molar-refractivity contribution is 5.94. The molecule has 0 spiro atoms. The molecule has 1 aliphatic rings. The van der Waals surface area contributed by atoms with Gasteiger partial charge in [-0.05, 0) is 72.9 Å². The number of nitrogens with one attached hydrogen (secondary N) is 1. The minimum absolute atomic E-state index is 0.102. The SMILES string of the molecule is CCC(NC(=O)c1ccc(C)cc1)C1c2cc(OC)c(OC)cc2CCN1Cc1cccc(F)c1. The van der Waals surface area contributed by atoms with Crippen LogP contribution in [0, 0.1) is 12.7 Å². The Morgan fingerprint density at radius 3 is 2.46 bits per heavy atom. The molecule has 3 aromatic carbocycles. The zero-order valence-corrected chi connectivity index (χ0v) is 20.8. The fourth-order valence-electron chi connectivity index (χ4n) is 4.91. The molecule has 0 saturated heterocycles. The van der Waals surface area contributed by atoms with E-state index in [0.29, 0.717) is 23.6 Å². The van der Waals surface area contributed by atoms with Crippen LogP contribution in [0.2, 0.25) is 0 Å². The van der Waals surface area contributed by atoms with Crippen LogP contribution >= 0.6 is 0 Å². The fourth-order valence-corrected chi connectivity index (χ4v) is 4.91. The lowest BCUT2D eigenvalue weighted by molar-refractivity contribution is 0.0859. The Balaban J connectivity index is 1.72. The van der Waals surface area contributed by atoms with Gasteiger partial charge in [-0.2, -0.15) is 0 Å². The molecule has 3 aromatic rings. The maximum atomic E-state index is 13.9. The number of ether oxygens (including phenoxy) is 2. The van der Waals surface area contributed by atoms with E-state index in [0.717, 1.165) is 36.1 Å². The topological polar surface area (TPSA) is 50.8 Å². The third-order valence-electron chi connectivity index (χ3n) is 6.75. The number of aryl methyl sites for hydroxylation is 1. The molecule has 5 nitrogen and oxygen atoms in total. The second kappa shape index (κ2) is 10.9. The highest BCUT2D eigenvalue weighted by atomic mass is 19.1. The summed E-state index contributed by atoms with van der Waals surface area (Å²) in [6.07, 6.45) is 1.56. The van der Waals surface area contributed by atoms with Crippen molar-refractivity contribution in [1.82, 2.24) is 10.2 Å². The van der Waals surface area contributed by atoms with E-state index in [9.17, 15) is 9.18 Å². The Morgan fingerprint density at radius 2 is 1.80 bits per heavy atom. The van der Waals surface area contributed by atoms with Crippen LogP contribution in [-0.4, -0.2) is 37.6 Å². The van der Waals surface area contributed by atoms with Crippen molar-refractivity contribution in [1.29, 1.82) is 0 Å². The molecular formula is C29H33FN2O3. The van der Waals surface area contributed by atoms with Crippen molar-refractivity contribution in [3.8, 4) is 11.5 Å². The number of fused-ring (bicyclic) bond motifs is 1. The van der Waals surface area contributed by atoms with E-state index >= 15 is 0 Å². The number of rotatable bonds is 8. The van der Waals surface area contributed by atoms with Gasteiger partial charge in [-0.25, -0.2) is 4.39 Å². The number of methoxy groups -OCH3 is 2. The van der Waals surface area contributed by atoms with Crippen LogP contribution in [0.15, 0.2) is 60.7 Å². The molecule has 0 aliphatic carbocycles. The van der Waals surface area contributed by atoms with Gasteiger partial charge in [-0.15, -0.1) is 0 Å². The predicted molar refractivity (Wildman–Crippen MR) is 136 cm³/mol. The van der Waals surface area contributed by atoms with Gasteiger partial charge in [-0.3, -0.25) is 9.69 Å². The first-order valence-electron chi connectivity index (χ1n) is 12.0. The third-order valence-corrected chi connectivity index (χ3v) is 6.75. The van der Waals surface area contributed by atoms with Gasteiger partial charge in [0.2, 0.25) is 0 Å². The number of amides is 1. The van der Waals surface area contributed by atoms with Crippen LogP contribution in [0.5, 0.6) is 11.5 Å². The molecule has 0 fully saturated rings. The molecule has 0 aromatic heterocycles. The molecule has 35 heavy (non-hydrogen) atoms. The van der Waals surface area contributed by atoms with Crippen molar-refractivity contribution in [3.05, 3.63) is 94.3 Å². The number of hydrogen-bond acceptors (Lipinski definition) is 4. The zero-order valence-electron chi connectivity index (χ0n) is 20.8. The predicted octanol–water partition coefficient (Wildman–Crippen LogP) is 5.46. The third kappa shape index (κ3) is 5.49. The van der Waals surface area contributed by atoms with Crippen LogP contribution in [0.4, 0.5) is 4.39 Å². The Bertz CT molecular complexity index is 1180. The van der Waals surface area contributed by atoms with Crippen molar-refractivity contribution in [2.75, 3.05) is 20.8 Å². The average Bonchev–Trinajstić information content (AvgIpc) is 2.87. The lowest BCUT2D eigenvalue weighted by atomic mass is 9.86. The lowest BCUT2D eigenvalue weighted by Crippen LogP contribution is -2.48. The second-order valence-corrected chi connectivity index (χ2v) is 9.06. The summed E-state index contributed by atoms with van der Waals surface area (Å²) in [5.41, 5.74) is 4.91. The minimum Gasteiger partial charge on any atom is -0.493 e. The van der Waals surface area contributed by atoms with Gasteiger partial charge >= 0.3 is 0 Å². The van der Waals surface area contributed by atoms with Crippen molar-refractivity contribution in [2.45, 2.75) is 45.3 Å². The molecule has 0 saturated carbocycles. The van der Waals surface area contributed by atoms with E-state index < -0.39 is 0 Å². The molecular weight excluding hydrogens is 443 g/mol. The molecule has 1 heterocycles. The van der Waals surface area contributed by atoms with Crippen LogP contribution in [0.1, 0.15) is 52.0 Å². The summed E-state index contributed by atoms with van der Waals surface area (Å²) < 4.78 is 25.1. The van der Waals surface area contributed by atoms with Gasteiger partial charge in [0.1, 0.15) is 5.82 Å². The van der Waals surface area contributed by atoms with E-state index in [2.05, 4.69) is 17.1 Å². The van der Waals surface area contributed by atoms with Gasteiger partial charge in [0.25, 0.3) is 5.91 Å². The largest absolute Gasteiger partial charge is 0.493 e. The summed E-state index contributed by atoms with van der Waals surface area (Å²) in [7, 11) is 3.26. The molecule has 1 amide bonds. The van der Waals surface area contributed by atoms with Crippen LogP contribution in [-0.2, 0) is 13.0 Å². The van der Waals surface area contributed by atoms with Crippen LogP contribution in [0.3, 0.4) is 0 Å². The first kappa shape index (κ1) is 24.7. The van der Waals surface area contributed by atoms with Gasteiger partial charge in [0, 0.05) is 24.7 Å². The van der Waals surface area contributed by atoms with Crippen molar-refractivity contribution in [3.63, 3.8) is 0 Å². The maximum absolute atomic E-state index is 13.9. The first-order valence-corrected chi connectivity index (χ1v) is 12.0. The molecule has 2 unspecified atom stereocenters. The molecule has 1 N–H and O–H groups in total. The summed E-state index contributed by atoms with van der Waals surface area (Å²) in [5.74, 6) is 1.00. The van der Waals surface area contributed by atoms with E-state index in [4.69, 9.17) is 9.47 Å². The Morgan fingerprint density at radius 1 is 1.09 bits per heavy atom. The van der Waals surface area contributed by atoms with Crippen LogP contribution in [0.25, 0.3) is 0 Å². The monoisotopic (exact) mass is 476 g/mol. The lowest BCUT2D eigenvalue weighted by Gasteiger charge is -2.42. The fraction of sp³-hybridized carbons (Fsp3) is 0.345. The first-order chi connectivity index (χ1) is 16.9. The van der Waals surface area contributed by atoms with Gasteiger partial charge in [-0.1, -0.05) is 36.8 Å². The zero-order chi connectivity index (χ0) is 24.9. The Kier molecular flexibility index (Phi) is 7.71. The smallest absolute Gasteiger partial charge is 0.251 e. The van der Waals surface area contributed by atoms with E-state index in [1.807, 2.05) is 49.4 Å². The van der Waals surface area contributed by atoms with Crippen molar-refractivity contribution in [2.24, 2.45) is 0 Å². The van der Waals surface area contributed by atoms with E-state index in [1.165, 1.54) is 11.6 Å². The van der Waals surface area contributed by atoms with Crippen molar-refractivity contribution < 1.29 is 18.7 Å². The molecule has 184 valence electrons. The van der Waals surface area contributed by atoms with Gasteiger partial charge in [0.05, 0.1) is 20.3 Å². The number of hydrogen-bond donors (Lipinski definition) is 1. The summed E-state index contributed by atoms with van der Waals surface area (Å²) in [6, 6.07) is 18.1. The molecule has 0 bridgehead atoms. The summed E-state index contributed by atoms with van der Waals surface area (Å²) in [5, 5.41) is 3.28. The number of carbonyl (C=O) groups is 1. The van der Waals surface area contributed by atoms with E-state index in [-0.39, 0.29) is 23.8 Å². The number of carbonyl (C=O) groups excluding carboxylic acids is 1. The number of nitrogens with zero attached hydrogens (tertiary/aromatic N) is 1. The van der Waals surface area contributed by atoms with Gasteiger partial charge < -0.3 is 14.8 Å².